The van der Waals surface area contributed by atoms with Crippen LogP contribution in [0.2, 0.25) is 0 Å². The van der Waals surface area contributed by atoms with E-state index in [-0.39, 0.29) is 0 Å². The Kier molecular flexibility index (Phi) is 7.37. The maximum Gasteiger partial charge on any atom is 0.458 e. The fraction of sp³-hybridized carbons (Fsp3) is 0.227. The minimum atomic E-state index is -5.77. The molecule has 0 radical (unpaired) electrons. The molecule has 0 saturated heterocycles. The standard InChI is InChI=1S/C18H17N5.C4F6O2/c1-23-16-4-2-3-13(10-16)5-6-14-9-15(12-19-11-14)21-18-20-8-7-17(23)22-18;5-3(6,7)1(11)2(12)4(8,9)10/h2-4,7-12H,5-6H2,1H3,(H,20,21,22);. The number of halogens is 6. The van der Waals surface area contributed by atoms with Crippen LogP contribution in [0.5, 0.6) is 0 Å². The second-order valence-corrected chi connectivity index (χ2v) is 7.33. The lowest BCUT2D eigenvalue weighted by Crippen LogP contribution is -2.39. The van der Waals surface area contributed by atoms with Gasteiger partial charge in [0.15, 0.2) is 0 Å². The van der Waals surface area contributed by atoms with Crippen molar-refractivity contribution in [3.05, 3.63) is 66.1 Å². The molecule has 3 heterocycles. The minimum Gasteiger partial charge on any atom is -0.329 e. The summed E-state index contributed by atoms with van der Waals surface area (Å²) in [6, 6.07) is 12.6. The first kappa shape index (κ1) is 25.6. The van der Waals surface area contributed by atoms with Crippen molar-refractivity contribution in [2.45, 2.75) is 25.2 Å². The number of rotatable bonds is 1. The molecule has 0 fully saturated rings. The fourth-order valence-corrected chi connectivity index (χ4v) is 3.02. The summed E-state index contributed by atoms with van der Waals surface area (Å²) in [5, 5.41) is 3.24. The zero-order valence-corrected chi connectivity index (χ0v) is 18.0. The lowest BCUT2D eigenvalue weighted by atomic mass is 10.0. The molecule has 1 aliphatic rings. The Bertz CT molecular complexity index is 1210. The molecule has 1 aliphatic heterocycles. The number of pyridine rings is 1. The van der Waals surface area contributed by atoms with Gasteiger partial charge in [-0.1, -0.05) is 12.1 Å². The number of benzene rings is 1. The molecule has 35 heavy (non-hydrogen) atoms. The summed E-state index contributed by atoms with van der Waals surface area (Å²) >= 11 is 0. The molecule has 4 rings (SSSR count). The van der Waals surface area contributed by atoms with Gasteiger partial charge in [-0.05, 0) is 48.2 Å². The molecule has 0 saturated carbocycles. The molecular formula is C22H17F6N5O2. The lowest BCUT2D eigenvalue weighted by molar-refractivity contribution is -0.193. The molecule has 184 valence electrons. The predicted octanol–water partition coefficient (Wildman–Crippen LogP) is 4.73. The highest BCUT2D eigenvalue weighted by Crippen LogP contribution is 2.26. The Morgan fingerprint density at radius 1 is 0.914 bits per heavy atom. The van der Waals surface area contributed by atoms with E-state index in [1.807, 2.05) is 19.3 Å². The molecule has 0 aliphatic carbocycles. The highest BCUT2D eigenvalue weighted by molar-refractivity contribution is 6.41. The summed E-state index contributed by atoms with van der Waals surface area (Å²) in [6.07, 6.45) is -4.13. The van der Waals surface area contributed by atoms with Crippen LogP contribution in [0.15, 0.2) is 55.0 Å². The van der Waals surface area contributed by atoms with Crippen molar-refractivity contribution in [3.8, 4) is 0 Å². The molecule has 2 aromatic heterocycles. The maximum absolute atomic E-state index is 11.2. The molecule has 0 atom stereocenters. The lowest BCUT2D eigenvalue weighted by Gasteiger charge is -2.19. The van der Waals surface area contributed by atoms with Crippen LogP contribution in [0.25, 0.3) is 0 Å². The summed E-state index contributed by atoms with van der Waals surface area (Å²) < 4.78 is 67.0. The number of anilines is 4. The average Bonchev–Trinajstić information content (AvgIpc) is 2.81. The van der Waals surface area contributed by atoms with Gasteiger partial charge >= 0.3 is 23.9 Å². The predicted molar refractivity (Wildman–Crippen MR) is 114 cm³/mol. The Hall–Kier alpha value is -4.03. The average molecular weight is 497 g/mol. The van der Waals surface area contributed by atoms with Crippen molar-refractivity contribution in [2.24, 2.45) is 0 Å². The van der Waals surface area contributed by atoms with E-state index in [4.69, 9.17) is 0 Å². The van der Waals surface area contributed by atoms with Crippen LogP contribution in [-0.2, 0) is 22.4 Å². The minimum absolute atomic E-state index is 0.573. The van der Waals surface area contributed by atoms with Gasteiger partial charge in [0.2, 0.25) is 5.95 Å². The Morgan fingerprint density at radius 2 is 1.57 bits per heavy atom. The third-order valence-corrected chi connectivity index (χ3v) is 4.76. The molecule has 7 nitrogen and oxygen atoms in total. The first-order chi connectivity index (χ1) is 16.3. The van der Waals surface area contributed by atoms with Crippen LogP contribution < -0.4 is 10.2 Å². The van der Waals surface area contributed by atoms with Gasteiger partial charge in [-0.25, -0.2) is 4.98 Å². The monoisotopic (exact) mass is 497 g/mol. The number of nitrogens with one attached hydrogen (secondary N) is 1. The molecule has 0 spiro atoms. The summed E-state index contributed by atoms with van der Waals surface area (Å²) in [6.45, 7) is 0. The van der Waals surface area contributed by atoms with Gasteiger partial charge in [0.25, 0.3) is 0 Å². The number of hydrogen-bond donors (Lipinski definition) is 1. The van der Waals surface area contributed by atoms with E-state index >= 15 is 0 Å². The second-order valence-electron chi connectivity index (χ2n) is 7.33. The summed E-state index contributed by atoms with van der Waals surface area (Å²) in [5.41, 5.74) is 4.54. The smallest absolute Gasteiger partial charge is 0.329 e. The molecule has 0 unspecified atom stereocenters. The summed E-state index contributed by atoms with van der Waals surface area (Å²) in [7, 11) is 2.02. The SMILES string of the molecule is CN1c2cccc(c2)CCc2cncc(c2)Nc2nccc1n2.O=C(C(=O)C(F)(F)F)C(F)(F)F. The number of Topliss-reactive ketones (excluding diaryl/α,β-unsaturated/α-hetero) is 2. The third kappa shape index (κ3) is 6.74. The number of nitrogens with zero attached hydrogens (tertiary/aromatic N) is 4. The van der Waals surface area contributed by atoms with Crippen LogP contribution >= 0.6 is 0 Å². The van der Waals surface area contributed by atoms with E-state index in [2.05, 4.69) is 55.5 Å². The van der Waals surface area contributed by atoms with Gasteiger partial charge in [0, 0.05) is 25.1 Å². The number of aromatic nitrogens is 3. The van der Waals surface area contributed by atoms with E-state index in [0.717, 1.165) is 30.0 Å². The first-order valence-corrected chi connectivity index (χ1v) is 9.94. The van der Waals surface area contributed by atoms with Crippen molar-refractivity contribution in [2.75, 3.05) is 17.3 Å². The zero-order chi connectivity index (χ0) is 25.8. The van der Waals surface area contributed by atoms with Crippen molar-refractivity contribution < 1.29 is 35.9 Å². The number of aryl methyl sites for hydroxylation is 2. The van der Waals surface area contributed by atoms with Crippen LogP contribution in [0, 0.1) is 0 Å². The number of carbonyl (C=O) groups is 2. The summed E-state index contributed by atoms with van der Waals surface area (Å²) in [5.74, 6) is -5.39. The number of fused-ring (bicyclic) bond motifs is 6. The van der Waals surface area contributed by atoms with Gasteiger partial charge in [-0.15, -0.1) is 0 Å². The van der Waals surface area contributed by atoms with E-state index in [9.17, 15) is 35.9 Å². The highest BCUT2D eigenvalue weighted by atomic mass is 19.4. The van der Waals surface area contributed by atoms with Crippen molar-refractivity contribution in [3.63, 3.8) is 0 Å². The molecule has 3 aromatic rings. The topological polar surface area (TPSA) is 88.1 Å². The largest absolute Gasteiger partial charge is 0.458 e. The number of alkyl halides is 6. The third-order valence-electron chi connectivity index (χ3n) is 4.76. The number of hydrogen-bond acceptors (Lipinski definition) is 7. The molecule has 6 bridgehead atoms. The van der Waals surface area contributed by atoms with Crippen LogP contribution in [0.1, 0.15) is 11.1 Å². The van der Waals surface area contributed by atoms with Gasteiger partial charge in [-0.3, -0.25) is 14.6 Å². The molecule has 1 aromatic carbocycles. The van der Waals surface area contributed by atoms with Gasteiger partial charge in [0.05, 0.1) is 11.9 Å². The van der Waals surface area contributed by atoms with Gasteiger partial charge in [-0.2, -0.15) is 31.3 Å². The Morgan fingerprint density at radius 3 is 2.23 bits per heavy atom. The van der Waals surface area contributed by atoms with Crippen LogP contribution in [-0.4, -0.2) is 45.9 Å². The highest BCUT2D eigenvalue weighted by Gasteiger charge is 2.54. The first-order valence-electron chi connectivity index (χ1n) is 9.94. The van der Waals surface area contributed by atoms with E-state index in [1.54, 1.807) is 12.4 Å². The maximum atomic E-state index is 11.2. The fourth-order valence-electron chi connectivity index (χ4n) is 3.02. The number of carbonyl (C=O) groups excluding carboxylic acids is 2. The Balaban J connectivity index is 0.000000245. The number of ketones is 2. The van der Waals surface area contributed by atoms with Crippen molar-refractivity contribution in [1.82, 2.24) is 15.0 Å². The molecular weight excluding hydrogens is 480 g/mol. The van der Waals surface area contributed by atoms with Crippen LogP contribution in [0.3, 0.4) is 0 Å². The zero-order valence-electron chi connectivity index (χ0n) is 18.0. The molecule has 0 amide bonds. The molecule has 1 N–H and O–H groups in total. The second kappa shape index (κ2) is 10.1. The van der Waals surface area contributed by atoms with E-state index < -0.39 is 23.9 Å². The van der Waals surface area contributed by atoms with E-state index in [1.165, 1.54) is 11.1 Å². The Labute approximate surface area is 194 Å². The normalized spacial score (nSPS) is 13.2. The van der Waals surface area contributed by atoms with Crippen molar-refractivity contribution >= 4 is 34.7 Å². The van der Waals surface area contributed by atoms with Crippen LogP contribution in [0.4, 0.5) is 49.5 Å². The van der Waals surface area contributed by atoms with E-state index in [0.29, 0.717) is 5.95 Å². The van der Waals surface area contributed by atoms with Gasteiger partial charge < -0.3 is 10.2 Å². The molecule has 13 heteroatoms. The van der Waals surface area contributed by atoms with Gasteiger partial charge in [0.1, 0.15) is 5.82 Å². The quantitative estimate of drug-likeness (QED) is 0.384. The van der Waals surface area contributed by atoms with Crippen molar-refractivity contribution in [1.29, 1.82) is 0 Å². The summed E-state index contributed by atoms with van der Waals surface area (Å²) in [4.78, 5) is 34.5.